The van der Waals surface area contributed by atoms with Crippen LogP contribution in [-0.4, -0.2) is 18.4 Å². The van der Waals surface area contributed by atoms with Crippen LogP contribution in [0, 0.1) is 5.92 Å². The Morgan fingerprint density at radius 3 is 2.48 bits per heavy atom. The van der Waals surface area contributed by atoms with Gasteiger partial charge in [0.25, 0.3) is 0 Å². The van der Waals surface area contributed by atoms with Gasteiger partial charge in [0.15, 0.2) is 0 Å². The van der Waals surface area contributed by atoms with Gasteiger partial charge in [-0.15, -0.1) is 0 Å². The molecule has 2 aromatic rings. The Balaban J connectivity index is 1.74. The van der Waals surface area contributed by atoms with Crippen molar-refractivity contribution in [3.63, 3.8) is 0 Å². The normalized spacial score (nSPS) is 17.3. The molecule has 0 aliphatic carbocycles. The highest BCUT2D eigenvalue weighted by Gasteiger charge is 2.36. The second-order valence-corrected chi connectivity index (χ2v) is 7.39. The number of amides is 2. The van der Waals surface area contributed by atoms with E-state index in [1.165, 1.54) is 4.90 Å². The molecule has 142 valence electrons. The number of hydrogen-bond acceptors (Lipinski definition) is 2. The third kappa shape index (κ3) is 4.44. The van der Waals surface area contributed by atoms with E-state index in [1.54, 1.807) is 24.3 Å². The average molecular weight is 462 g/mol. The molecule has 0 unspecified atom stereocenters. The molecule has 27 heavy (non-hydrogen) atoms. The van der Waals surface area contributed by atoms with Crippen LogP contribution >= 0.6 is 27.5 Å². The maximum absolute atomic E-state index is 12.8. The topological polar surface area (TPSA) is 49.4 Å². The lowest BCUT2D eigenvalue weighted by Gasteiger charge is -2.17. The largest absolute Gasteiger partial charge is 0.416 e. The number of nitrogens with zero attached hydrogens (tertiary/aromatic N) is 1. The first-order chi connectivity index (χ1) is 12.6. The van der Waals surface area contributed by atoms with Gasteiger partial charge in [0.05, 0.1) is 22.2 Å². The second kappa shape index (κ2) is 7.52. The van der Waals surface area contributed by atoms with E-state index in [2.05, 4.69) is 21.2 Å². The van der Waals surface area contributed by atoms with Gasteiger partial charge >= 0.3 is 6.18 Å². The molecule has 2 aromatic carbocycles. The molecule has 9 heteroatoms. The van der Waals surface area contributed by atoms with E-state index < -0.39 is 23.6 Å². The molecule has 0 saturated carbocycles. The molecule has 1 aliphatic heterocycles. The molecular formula is C18H13BrClF3N2O2. The first kappa shape index (κ1) is 19.7. The molecule has 1 N–H and O–H groups in total. The van der Waals surface area contributed by atoms with Crippen LogP contribution in [0.4, 0.5) is 24.5 Å². The Bertz CT molecular complexity index is 887. The van der Waals surface area contributed by atoms with E-state index >= 15 is 0 Å². The minimum absolute atomic E-state index is 0.00885. The van der Waals surface area contributed by atoms with E-state index in [9.17, 15) is 22.8 Å². The van der Waals surface area contributed by atoms with Crippen molar-refractivity contribution in [3.05, 3.63) is 57.5 Å². The Morgan fingerprint density at radius 2 is 1.85 bits per heavy atom. The summed E-state index contributed by atoms with van der Waals surface area (Å²) in [5.74, 6) is -1.47. The highest BCUT2D eigenvalue weighted by atomic mass is 79.9. The molecule has 0 aromatic heterocycles. The molecule has 1 fully saturated rings. The van der Waals surface area contributed by atoms with E-state index in [1.807, 2.05) is 0 Å². The minimum Gasteiger partial charge on any atom is -0.324 e. The minimum atomic E-state index is -4.55. The van der Waals surface area contributed by atoms with Crippen LogP contribution in [0.3, 0.4) is 0 Å². The van der Waals surface area contributed by atoms with Crippen molar-refractivity contribution < 1.29 is 22.8 Å². The van der Waals surface area contributed by atoms with Crippen LogP contribution in [0.25, 0.3) is 0 Å². The summed E-state index contributed by atoms with van der Waals surface area (Å²) in [5, 5.41) is 2.40. The van der Waals surface area contributed by atoms with Gasteiger partial charge in [-0.05, 0) is 42.5 Å². The van der Waals surface area contributed by atoms with Gasteiger partial charge in [-0.25, -0.2) is 0 Å². The lowest BCUT2D eigenvalue weighted by atomic mass is 10.1. The zero-order valence-electron chi connectivity index (χ0n) is 13.7. The number of nitrogens with one attached hydrogen (secondary N) is 1. The molecule has 1 atom stereocenters. The maximum atomic E-state index is 12.8. The lowest BCUT2D eigenvalue weighted by molar-refractivity contribution is -0.137. The summed E-state index contributed by atoms with van der Waals surface area (Å²) in [4.78, 5) is 26.2. The second-order valence-electron chi connectivity index (χ2n) is 6.06. The number of anilines is 2. The van der Waals surface area contributed by atoms with Crippen molar-refractivity contribution in [2.45, 2.75) is 12.6 Å². The first-order valence-corrected chi connectivity index (χ1v) is 9.06. The molecule has 0 radical (unpaired) electrons. The predicted octanol–water partition coefficient (Wildman–Crippen LogP) is 5.11. The zero-order valence-corrected chi connectivity index (χ0v) is 16.0. The van der Waals surface area contributed by atoms with Crippen molar-refractivity contribution in [1.29, 1.82) is 0 Å². The SMILES string of the molecule is O=C(Nc1cc(C(F)(F)F)ccc1Cl)[C@H]1CC(=O)N(c2ccc(Br)cc2)C1. The van der Waals surface area contributed by atoms with Crippen LogP contribution in [0.5, 0.6) is 0 Å². The summed E-state index contributed by atoms with van der Waals surface area (Å²) in [6.45, 7) is 0.142. The Morgan fingerprint density at radius 1 is 1.19 bits per heavy atom. The number of carbonyl (C=O) groups is 2. The van der Waals surface area contributed by atoms with Crippen LogP contribution in [0.1, 0.15) is 12.0 Å². The number of rotatable bonds is 3. The predicted molar refractivity (Wildman–Crippen MR) is 99.7 cm³/mol. The standard InChI is InChI=1S/C18H13BrClF3N2O2/c19-12-2-4-13(5-3-12)25-9-10(7-16(25)26)17(27)24-15-8-11(18(21,22)23)1-6-14(15)20/h1-6,8,10H,7,9H2,(H,24,27)/t10-/m0/s1. The summed E-state index contributed by atoms with van der Waals surface area (Å²) in [7, 11) is 0. The quantitative estimate of drug-likeness (QED) is 0.690. The number of alkyl halides is 3. The van der Waals surface area contributed by atoms with Gasteiger partial charge < -0.3 is 10.2 Å². The number of benzene rings is 2. The molecule has 1 saturated heterocycles. The van der Waals surface area contributed by atoms with Crippen LogP contribution < -0.4 is 10.2 Å². The first-order valence-electron chi connectivity index (χ1n) is 7.88. The van der Waals surface area contributed by atoms with Gasteiger partial charge in [0.2, 0.25) is 11.8 Å². The van der Waals surface area contributed by atoms with Gasteiger partial charge in [-0.2, -0.15) is 13.2 Å². The Kier molecular flexibility index (Phi) is 5.48. The van der Waals surface area contributed by atoms with Crippen molar-refractivity contribution in [2.24, 2.45) is 5.92 Å². The fraction of sp³-hybridized carbons (Fsp3) is 0.222. The molecule has 2 amide bonds. The number of hydrogen-bond donors (Lipinski definition) is 1. The lowest BCUT2D eigenvalue weighted by Crippen LogP contribution is -2.28. The highest BCUT2D eigenvalue weighted by molar-refractivity contribution is 9.10. The molecule has 1 aliphatic rings. The smallest absolute Gasteiger partial charge is 0.324 e. The Labute approximate surface area is 166 Å². The van der Waals surface area contributed by atoms with Crippen LogP contribution in [-0.2, 0) is 15.8 Å². The molecular weight excluding hydrogens is 449 g/mol. The van der Waals surface area contributed by atoms with E-state index in [0.29, 0.717) is 5.69 Å². The summed E-state index contributed by atoms with van der Waals surface area (Å²) in [6, 6.07) is 9.73. The summed E-state index contributed by atoms with van der Waals surface area (Å²) in [5.41, 5.74) is -0.400. The fourth-order valence-electron chi connectivity index (χ4n) is 2.79. The van der Waals surface area contributed by atoms with Gasteiger partial charge in [0.1, 0.15) is 0 Å². The molecule has 1 heterocycles. The summed E-state index contributed by atoms with van der Waals surface area (Å²) in [6.07, 6.45) is -4.58. The maximum Gasteiger partial charge on any atom is 0.416 e. The van der Waals surface area contributed by atoms with Gasteiger partial charge in [-0.1, -0.05) is 27.5 Å². The monoisotopic (exact) mass is 460 g/mol. The fourth-order valence-corrected chi connectivity index (χ4v) is 3.22. The van der Waals surface area contributed by atoms with Crippen molar-refractivity contribution >= 4 is 50.7 Å². The summed E-state index contributed by atoms with van der Waals surface area (Å²) < 4.78 is 39.4. The zero-order chi connectivity index (χ0) is 19.8. The summed E-state index contributed by atoms with van der Waals surface area (Å²) >= 11 is 9.21. The average Bonchev–Trinajstić information content (AvgIpc) is 2.98. The number of halogens is 5. The van der Waals surface area contributed by atoms with Crippen molar-refractivity contribution in [2.75, 3.05) is 16.8 Å². The third-order valence-electron chi connectivity index (χ3n) is 4.19. The van der Waals surface area contributed by atoms with E-state index in [-0.39, 0.29) is 29.6 Å². The number of carbonyl (C=O) groups excluding carboxylic acids is 2. The van der Waals surface area contributed by atoms with Crippen molar-refractivity contribution in [1.82, 2.24) is 0 Å². The van der Waals surface area contributed by atoms with Gasteiger partial charge in [-0.3, -0.25) is 9.59 Å². The molecule has 3 rings (SSSR count). The van der Waals surface area contributed by atoms with E-state index in [0.717, 1.165) is 22.7 Å². The Hall–Kier alpha value is -2.06. The van der Waals surface area contributed by atoms with Crippen molar-refractivity contribution in [3.8, 4) is 0 Å². The molecule has 0 bridgehead atoms. The van der Waals surface area contributed by atoms with Gasteiger partial charge in [0, 0.05) is 23.1 Å². The molecule has 0 spiro atoms. The highest BCUT2D eigenvalue weighted by Crippen LogP contribution is 2.34. The molecule has 4 nitrogen and oxygen atoms in total. The third-order valence-corrected chi connectivity index (χ3v) is 5.04. The van der Waals surface area contributed by atoms with Crippen LogP contribution in [0.2, 0.25) is 5.02 Å². The van der Waals surface area contributed by atoms with Crippen LogP contribution in [0.15, 0.2) is 46.9 Å². The van der Waals surface area contributed by atoms with E-state index in [4.69, 9.17) is 11.6 Å².